The third-order valence-corrected chi connectivity index (χ3v) is 3.17. The molecule has 2 rings (SSSR count). The molecule has 7 heteroatoms. The minimum absolute atomic E-state index is 0.229. The number of anilines is 2. The lowest BCUT2D eigenvalue weighted by Gasteiger charge is -2.20. The van der Waals surface area contributed by atoms with Crippen LogP contribution in [-0.2, 0) is 0 Å². The van der Waals surface area contributed by atoms with Gasteiger partial charge in [0, 0.05) is 26.2 Å². The molecule has 1 aliphatic rings. The van der Waals surface area contributed by atoms with Gasteiger partial charge in [0.1, 0.15) is 0 Å². The first-order valence-corrected chi connectivity index (χ1v) is 5.98. The Hall–Kier alpha value is -1.14. The van der Waals surface area contributed by atoms with Crippen LogP contribution < -0.4 is 10.2 Å². The molecule has 1 N–H and O–H groups in total. The van der Waals surface area contributed by atoms with Gasteiger partial charge in [0.25, 0.3) is 0 Å². The third-order valence-electron chi connectivity index (χ3n) is 3.00. The Balaban J connectivity index is 2.15. The van der Waals surface area contributed by atoms with E-state index in [9.17, 15) is 0 Å². The van der Waals surface area contributed by atoms with Crippen LogP contribution in [0.4, 0.5) is 11.9 Å². The summed E-state index contributed by atoms with van der Waals surface area (Å²) in [6, 6.07) is 0.545. The largest absolute Gasteiger partial charge is 0.357 e. The predicted octanol–water partition coefficient (Wildman–Crippen LogP) is 0.707. The third kappa shape index (κ3) is 2.76. The molecule has 0 bridgehead atoms. The summed E-state index contributed by atoms with van der Waals surface area (Å²) in [6.45, 7) is 1.88. The molecule has 1 aromatic rings. The Labute approximate surface area is 106 Å². The van der Waals surface area contributed by atoms with E-state index in [1.807, 2.05) is 0 Å². The summed E-state index contributed by atoms with van der Waals surface area (Å²) in [6.07, 6.45) is 1.12. The molecule has 2 heterocycles. The molecule has 6 nitrogen and oxygen atoms in total. The van der Waals surface area contributed by atoms with Crippen LogP contribution in [0.2, 0.25) is 5.28 Å². The first kappa shape index (κ1) is 12.3. The van der Waals surface area contributed by atoms with Crippen LogP contribution in [0, 0.1) is 0 Å². The molecule has 0 radical (unpaired) electrons. The highest BCUT2D eigenvalue weighted by atomic mass is 35.5. The molecular weight excluding hydrogens is 240 g/mol. The van der Waals surface area contributed by atoms with Crippen molar-refractivity contribution in [2.24, 2.45) is 0 Å². The number of hydrogen-bond donors (Lipinski definition) is 1. The predicted molar refractivity (Wildman–Crippen MR) is 68.7 cm³/mol. The van der Waals surface area contributed by atoms with Gasteiger partial charge >= 0.3 is 0 Å². The second kappa shape index (κ2) is 5.01. The lowest BCUT2D eigenvalue weighted by atomic mass is 10.2. The van der Waals surface area contributed by atoms with Crippen LogP contribution in [0.3, 0.4) is 0 Å². The fourth-order valence-electron chi connectivity index (χ4n) is 1.94. The molecule has 0 spiro atoms. The maximum absolute atomic E-state index is 5.87. The molecule has 1 unspecified atom stereocenters. The highest BCUT2D eigenvalue weighted by Gasteiger charge is 2.26. The number of likely N-dealkylation sites (N-methyl/N-ethyl adjacent to an activating group) is 1. The van der Waals surface area contributed by atoms with E-state index in [0.717, 1.165) is 19.5 Å². The lowest BCUT2D eigenvalue weighted by molar-refractivity contribution is 0.315. The summed E-state index contributed by atoms with van der Waals surface area (Å²) in [5, 5.41) is 3.11. The van der Waals surface area contributed by atoms with Gasteiger partial charge in [-0.1, -0.05) is 0 Å². The number of halogens is 1. The van der Waals surface area contributed by atoms with Crippen molar-refractivity contribution in [3.63, 3.8) is 0 Å². The van der Waals surface area contributed by atoms with Crippen LogP contribution in [0.5, 0.6) is 0 Å². The fraction of sp³-hybridized carbons (Fsp3) is 0.700. The quantitative estimate of drug-likeness (QED) is 0.860. The van der Waals surface area contributed by atoms with Crippen molar-refractivity contribution in [2.45, 2.75) is 12.5 Å². The number of hydrogen-bond acceptors (Lipinski definition) is 6. The summed E-state index contributed by atoms with van der Waals surface area (Å²) in [7, 11) is 5.95. The van der Waals surface area contributed by atoms with Crippen molar-refractivity contribution in [1.29, 1.82) is 0 Å². The SMILES string of the molecule is CNc1nc(Cl)nc(N2CCC(N(C)C)C2)n1. The maximum Gasteiger partial charge on any atom is 0.231 e. The average Bonchev–Trinajstić information content (AvgIpc) is 2.77. The van der Waals surface area contributed by atoms with Crippen molar-refractivity contribution in [2.75, 3.05) is 44.4 Å². The summed E-state index contributed by atoms with van der Waals surface area (Å²) >= 11 is 5.87. The smallest absolute Gasteiger partial charge is 0.231 e. The summed E-state index contributed by atoms with van der Waals surface area (Å²) in [4.78, 5) is 16.8. The molecule has 0 aromatic carbocycles. The van der Waals surface area contributed by atoms with Gasteiger partial charge in [0.2, 0.25) is 17.2 Å². The Morgan fingerprint density at radius 1 is 1.35 bits per heavy atom. The molecule has 1 atom stereocenters. The van der Waals surface area contributed by atoms with Gasteiger partial charge in [-0.05, 0) is 32.1 Å². The number of nitrogens with one attached hydrogen (secondary N) is 1. The Morgan fingerprint density at radius 3 is 2.71 bits per heavy atom. The molecule has 1 fully saturated rings. The number of aromatic nitrogens is 3. The van der Waals surface area contributed by atoms with Crippen LogP contribution in [0.25, 0.3) is 0 Å². The molecule has 0 saturated carbocycles. The van der Waals surface area contributed by atoms with Crippen LogP contribution in [0.1, 0.15) is 6.42 Å². The highest BCUT2D eigenvalue weighted by molar-refractivity contribution is 6.28. The van der Waals surface area contributed by atoms with Crippen LogP contribution in [0.15, 0.2) is 0 Å². The Kier molecular flexibility index (Phi) is 3.63. The van der Waals surface area contributed by atoms with Gasteiger partial charge in [0.05, 0.1) is 0 Å². The van der Waals surface area contributed by atoms with E-state index in [1.165, 1.54) is 0 Å². The molecular formula is C10H17ClN6. The van der Waals surface area contributed by atoms with E-state index in [-0.39, 0.29) is 5.28 Å². The standard InChI is InChI=1S/C10H17ClN6/c1-12-9-13-8(11)14-10(15-9)17-5-4-7(6-17)16(2)3/h7H,4-6H2,1-3H3,(H,12,13,14,15). The van der Waals surface area contributed by atoms with E-state index in [2.05, 4.69) is 44.2 Å². The molecule has 1 saturated heterocycles. The lowest BCUT2D eigenvalue weighted by Crippen LogP contribution is -2.32. The molecule has 0 aliphatic carbocycles. The van der Waals surface area contributed by atoms with Crippen LogP contribution in [-0.4, -0.2) is 60.1 Å². The maximum atomic E-state index is 5.87. The van der Waals surface area contributed by atoms with Gasteiger partial charge in [-0.15, -0.1) is 0 Å². The fourth-order valence-corrected chi connectivity index (χ4v) is 2.09. The van der Waals surface area contributed by atoms with E-state index < -0.39 is 0 Å². The van der Waals surface area contributed by atoms with Crippen molar-refractivity contribution in [1.82, 2.24) is 19.9 Å². The second-order valence-corrected chi connectivity index (χ2v) is 4.67. The summed E-state index contributed by atoms with van der Waals surface area (Å²) in [5.74, 6) is 1.16. The first-order chi connectivity index (χ1) is 8.10. The van der Waals surface area contributed by atoms with E-state index in [0.29, 0.717) is 17.9 Å². The van der Waals surface area contributed by atoms with Gasteiger partial charge in [-0.2, -0.15) is 15.0 Å². The number of rotatable bonds is 3. The zero-order valence-corrected chi connectivity index (χ0v) is 11.1. The molecule has 1 aromatic heterocycles. The zero-order chi connectivity index (χ0) is 12.4. The summed E-state index contributed by atoms with van der Waals surface area (Å²) in [5.41, 5.74) is 0. The first-order valence-electron chi connectivity index (χ1n) is 5.61. The van der Waals surface area contributed by atoms with Crippen LogP contribution >= 0.6 is 11.6 Å². The van der Waals surface area contributed by atoms with Gasteiger partial charge in [0.15, 0.2) is 0 Å². The van der Waals surface area contributed by atoms with Crippen molar-refractivity contribution >= 4 is 23.5 Å². The van der Waals surface area contributed by atoms with E-state index in [4.69, 9.17) is 11.6 Å². The van der Waals surface area contributed by atoms with E-state index in [1.54, 1.807) is 7.05 Å². The topological polar surface area (TPSA) is 57.2 Å². The average molecular weight is 257 g/mol. The monoisotopic (exact) mass is 256 g/mol. The minimum atomic E-state index is 0.229. The summed E-state index contributed by atoms with van der Waals surface area (Å²) < 4.78 is 0. The van der Waals surface area contributed by atoms with Crippen molar-refractivity contribution < 1.29 is 0 Å². The molecule has 17 heavy (non-hydrogen) atoms. The van der Waals surface area contributed by atoms with Gasteiger partial charge in [-0.25, -0.2) is 0 Å². The minimum Gasteiger partial charge on any atom is -0.357 e. The zero-order valence-electron chi connectivity index (χ0n) is 10.3. The van der Waals surface area contributed by atoms with Gasteiger partial charge < -0.3 is 15.1 Å². The normalized spacial score (nSPS) is 20.1. The molecule has 1 aliphatic heterocycles. The van der Waals surface area contributed by atoms with Crippen molar-refractivity contribution in [3.8, 4) is 0 Å². The molecule has 94 valence electrons. The van der Waals surface area contributed by atoms with E-state index >= 15 is 0 Å². The van der Waals surface area contributed by atoms with Gasteiger partial charge in [-0.3, -0.25) is 0 Å². The number of nitrogens with zero attached hydrogens (tertiary/aromatic N) is 5. The molecule has 0 amide bonds. The Morgan fingerprint density at radius 2 is 2.12 bits per heavy atom. The Bertz CT molecular complexity index is 396. The van der Waals surface area contributed by atoms with Crippen molar-refractivity contribution in [3.05, 3.63) is 5.28 Å². The second-order valence-electron chi connectivity index (χ2n) is 4.33. The highest BCUT2D eigenvalue weighted by Crippen LogP contribution is 2.20.